The normalized spacial score (nSPS) is 14.7. The number of nitriles is 1. The average molecular weight is 391 g/mol. The van der Waals surface area contributed by atoms with Gasteiger partial charge in [0.2, 0.25) is 0 Å². The maximum Gasteiger partial charge on any atom is 0.163 e. The minimum absolute atomic E-state index is 0.140. The second-order valence-corrected chi connectivity index (χ2v) is 7.61. The van der Waals surface area contributed by atoms with Crippen LogP contribution in [0.3, 0.4) is 0 Å². The predicted octanol–water partition coefficient (Wildman–Crippen LogP) is 2.13. The fraction of sp³-hybridized carbons (Fsp3) is 0.429. The van der Waals surface area contributed by atoms with Crippen LogP contribution in [0.15, 0.2) is 18.2 Å². The van der Waals surface area contributed by atoms with E-state index < -0.39 is 0 Å². The van der Waals surface area contributed by atoms with Crippen LogP contribution in [0.1, 0.15) is 48.0 Å². The van der Waals surface area contributed by atoms with Crippen LogP contribution in [0, 0.1) is 18.3 Å². The highest BCUT2D eigenvalue weighted by Gasteiger charge is 2.45. The van der Waals surface area contributed by atoms with E-state index in [4.69, 9.17) is 10.7 Å². The van der Waals surface area contributed by atoms with Crippen LogP contribution in [0.4, 0.5) is 11.6 Å². The quantitative estimate of drug-likeness (QED) is 0.563. The van der Waals surface area contributed by atoms with Gasteiger partial charge in [-0.05, 0) is 38.3 Å². The molecule has 3 aromatic rings. The number of rotatable bonds is 7. The summed E-state index contributed by atoms with van der Waals surface area (Å²) in [6, 6.07) is 8.09. The van der Waals surface area contributed by atoms with Gasteiger partial charge in [-0.15, -0.1) is 0 Å². The van der Waals surface area contributed by atoms with E-state index in [9.17, 15) is 10.4 Å². The molecule has 0 saturated heterocycles. The number of nitrogens with two attached hydrogens (primary N) is 1. The number of hydrogen-bond donors (Lipinski definition) is 3. The van der Waals surface area contributed by atoms with Crippen molar-refractivity contribution in [2.24, 2.45) is 0 Å². The summed E-state index contributed by atoms with van der Waals surface area (Å²) in [6.07, 6.45) is 3.43. The first-order valence-corrected chi connectivity index (χ1v) is 9.92. The maximum absolute atomic E-state index is 9.63. The Morgan fingerprint density at radius 1 is 1.34 bits per heavy atom. The molecular weight excluding hydrogens is 366 g/mol. The topological polar surface area (TPSA) is 125 Å². The van der Waals surface area contributed by atoms with Gasteiger partial charge in [0.05, 0.1) is 12.3 Å². The van der Waals surface area contributed by atoms with Gasteiger partial charge in [0.25, 0.3) is 0 Å². The molecule has 4 rings (SSSR count). The van der Waals surface area contributed by atoms with E-state index in [1.807, 2.05) is 32.0 Å². The number of aliphatic hydroxyl groups excluding tert-OH is 1. The van der Waals surface area contributed by atoms with Crippen molar-refractivity contribution in [1.29, 1.82) is 5.26 Å². The van der Waals surface area contributed by atoms with Gasteiger partial charge in [-0.1, -0.05) is 13.0 Å². The van der Waals surface area contributed by atoms with Gasteiger partial charge < -0.3 is 16.2 Å². The molecule has 0 aromatic carbocycles. The monoisotopic (exact) mass is 391 g/mol. The first-order chi connectivity index (χ1) is 14.0. The SMILES string of the molecule is CCc1c(C)nn2c(N)c(C#N)c(NCCc3cccc(C4(CO)CC4)n3)nc12. The average Bonchev–Trinajstić information content (AvgIpc) is 3.46. The van der Waals surface area contributed by atoms with Crippen molar-refractivity contribution in [2.45, 2.75) is 44.9 Å². The van der Waals surface area contributed by atoms with Crippen molar-refractivity contribution in [3.8, 4) is 6.07 Å². The summed E-state index contributed by atoms with van der Waals surface area (Å²) >= 11 is 0. The van der Waals surface area contributed by atoms with Crippen LogP contribution >= 0.6 is 0 Å². The van der Waals surface area contributed by atoms with Gasteiger partial charge in [-0.2, -0.15) is 14.9 Å². The Bertz CT molecular complexity index is 1110. The summed E-state index contributed by atoms with van der Waals surface area (Å²) in [5.74, 6) is 0.763. The van der Waals surface area contributed by atoms with Gasteiger partial charge in [0, 0.05) is 35.3 Å². The van der Waals surface area contributed by atoms with Gasteiger partial charge in [-0.3, -0.25) is 4.98 Å². The van der Waals surface area contributed by atoms with E-state index in [0.29, 0.717) is 35.8 Å². The molecule has 8 nitrogen and oxygen atoms in total. The third kappa shape index (κ3) is 3.28. The molecule has 0 spiro atoms. The highest BCUT2D eigenvalue weighted by molar-refractivity contribution is 5.69. The lowest BCUT2D eigenvalue weighted by Gasteiger charge is -2.13. The van der Waals surface area contributed by atoms with Crippen molar-refractivity contribution in [1.82, 2.24) is 19.6 Å². The maximum atomic E-state index is 9.63. The number of nitrogen functional groups attached to an aromatic ring is 1. The Labute approximate surface area is 169 Å². The van der Waals surface area contributed by atoms with E-state index >= 15 is 0 Å². The zero-order valence-corrected chi connectivity index (χ0v) is 16.7. The molecule has 3 aromatic heterocycles. The number of aliphatic hydroxyl groups is 1. The predicted molar refractivity (Wildman–Crippen MR) is 111 cm³/mol. The largest absolute Gasteiger partial charge is 0.395 e. The summed E-state index contributed by atoms with van der Waals surface area (Å²) in [6.45, 7) is 4.67. The summed E-state index contributed by atoms with van der Waals surface area (Å²) in [4.78, 5) is 9.37. The van der Waals surface area contributed by atoms with Crippen molar-refractivity contribution < 1.29 is 5.11 Å². The van der Waals surface area contributed by atoms with Crippen molar-refractivity contribution in [2.75, 3.05) is 24.2 Å². The second-order valence-electron chi connectivity index (χ2n) is 7.61. The van der Waals surface area contributed by atoms with E-state index in [2.05, 4.69) is 21.5 Å². The molecule has 0 amide bonds. The number of aryl methyl sites for hydroxylation is 2. The lowest BCUT2D eigenvalue weighted by atomic mass is 10.0. The molecule has 0 radical (unpaired) electrons. The van der Waals surface area contributed by atoms with Gasteiger partial charge >= 0.3 is 0 Å². The molecule has 0 atom stereocenters. The molecule has 8 heteroatoms. The minimum atomic E-state index is -0.144. The van der Waals surface area contributed by atoms with Crippen LogP contribution in [0.25, 0.3) is 5.65 Å². The summed E-state index contributed by atoms with van der Waals surface area (Å²) < 4.78 is 1.55. The zero-order valence-electron chi connectivity index (χ0n) is 16.7. The third-order valence-corrected chi connectivity index (χ3v) is 5.74. The van der Waals surface area contributed by atoms with Crippen molar-refractivity contribution >= 4 is 17.3 Å². The van der Waals surface area contributed by atoms with Crippen LogP contribution in [0.2, 0.25) is 0 Å². The number of fused-ring (bicyclic) bond motifs is 1. The molecule has 1 fully saturated rings. The molecule has 150 valence electrons. The van der Waals surface area contributed by atoms with Crippen LogP contribution in [0.5, 0.6) is 0 Å². The Balaban J connectivity index is 1.56. The summed E-state index contributed by atoms with van der Waals surface area (Å²) in [5, 5.41) is 26.9. The lowest BCUT2D eigenvalue weighted by Crippen LogP contribution is -2.16. The van der Waals surface area contributed by atoms with Crippen LogP contribution in [-0.4, -0.2) is 37.8 Å². The Morgan fingerprint density at radius 3 is 2.79 bits per heavy atom. The first kappa shape index (κ1) is 19.2. The van der Waals surface area contributed by atoms with Crippen molar-refractivity contribution in [3.05, 3.63) is 46.4 Å². The molecule has 1 aliphatic rings. The molecule has 3 heterocycles. The number of pyridine rings is 1. The Morgan fingerprint density at radius 2 is 2.14 bits per heavy atom. The highest BCUT2D eigenvalue weighted by Crippen LogP contribution is 2.46. The molecule has 0 aliphatic heterocycles. The highest BCUT2D eigenvalue weighted by atomic mass is 16.3. The second kappa shape index (κ2) is 7.33. The lowest BCUT2D eigenvalue weighted by molar-refractivity contribution is 0.252. The Hall–Kier alpha value is -3.18. The molecule has 1 aliphatic carbocycles. The summed E-state index contributed by atoms with van der Waals surface area (Å²) in [5.41, 5.74) is 10.8. The van der Waals surface area contributed by atoms with E-state index in [1.54, 1.807) is 4.52 Å². The molecular formula is C21H25N7O. The van der Waals surface area contributed by atoms with Gasteiger partial charge in [0.15, 0.2) is 5.65 Å². The van der Waals surface area contributed by atoms with E-state index in [-0.39, 0.29) is 12.0 Å². The Kier molecular flexibility index (Phi) is 4.84. The van der Waals surface area contributed by atoms with E-state index in [0.717, 1.165) is 41.9 Å². The number of hydrogen-bond acceptors (Lipinski definition) is 7. The molecule has 0 bridgehead atoms. The van der Waals surface area contributed by atoms with Crippen molar-refractivity contribution in [3.63, 3.8) is 0 Å². The van der Waals surface area contributed by atoms with Gasteiger partial charge in [-0.25, -0.2) is 4.98 Å². The minimum Gasteiger partial charge on any atom is -0.395 e. The van der Waals surface area contributed by atoms with E-state index in [1.165, 1.54) is 0 Å². The fourth-order valence-corrected chi connectivity index (χ4v) is 3.74. The number of anilines is 2. The third-order valence-electron chi connectivity index (χ3n) is 5.74. The molecule has 1 saturated carbocycles. The van der Waals surface area contributed by atoms with Crippen LogP contribution < -0.4 is 11.1 Å². The number of nitrogens with one attached hydrogen (secondary N) is 1. The number of nitrogens with zero attached hydrogens (tertiary/aromatic N) is 5. The smallest absolute Gasteiger partial charge is 0.163 e. The van der Waals surface area contributed by atoms with Gasteiger partial charge in [0.1, 0.15) is 23.3 Å². The molecule has 4 N–H and O–H groups in total. The zero-order chi connectivity index (χ0) is 20.6. The molecule has 29 heavy (non-hydrogen) atoms. The first-order valence-electron chi connectivity index (χ1n) is 9.92. The summed E-state index contributed by atoms with van der Waals surface area (Å²) in [7, 11) is 0. The fourth-order valence-electron chi connectivity index (χ4n) is 3.74. The number of aromatic nitrogens is 4. The molecule has 0 unspecified atom stereocenters. The van der Waals surface area contributed by atoms with Crippen LogP contribution in [-0.2, 0) is 18.3 Å². The standard InChI is InChI=1S/C21H25N7O/c1-3-15-13(2)27-28-18(23)16(11-22)19(26-20(15)28)24-10-7-14-5-4-6-17(25-14)21(12-29)8-9-21/h4-6,29H,3,7-10,12,23H2,1-2H3,(H,24,26).